The highest BCUT2D eigenvalue weighted by molar-refractivity contribution is 6.04. The van der Waals surface area contributed by atoms with E-state index in [0.29, 0.717) is 17.3 Å². The van der Waals surface area contributed by atoms with E-state index in [9.17, 15) is 4.79 Å². The number of amidine groups is 1. The lowest BCUT2D eigenvalue weighted by Crippen LogP contribution is -2.46. The van der Waals surface area contributed by atoms with Crippen LogP contribution in [0.3, 0.4) is 0 Å². The summed E-state index contributed by atoms with van der Waals surface area (Å²) in [5.41, 5.74) is 6.74. The van der Waals surface area contributed by atoms with Gasteiger partial charge in [-0.3, -0.25) is 10.3 Å². The fourth-order valence-electron chi connectivity index (χ4n) is 1.93. The van der Waals surface area contributed by atoms with Crippen LogP contribution in [-0.2, 0) is 0 Å². The van der Waals surface area contributed by atoms with E-state index in [0.717, 1.165) is 12.8 Å². The fourth-order valence-corrected chi connectivity index (χ4v) is 1.93. The molecule has 5 nitrogen and oxygen atoms in total. The molecule has 18 heavy (non-hydrogen) atoms. The number of hydrogen-bond donors (Lipinski definition) is 3. The third kappa shape index (κ3) is 2.45. The van der Waals surface area contributed by atoms with Gasteiger partial charge in [-0.15, -0.1) is 0 Å². The van der Waals surface area contributed by atoms with Crippen LogP contribution in [0.2, 0.25) is 0 Å². The molecule has 0 spiro atoms. The summed E-state index contributed by atoms with van der Waals surface area (Å²) >= 11 is 0. The number of hydrogen-bond acceptors (Lipinski definition) is 2. The summed E-state index contributed by atoms with van der Waals surface area (Å²) in [4.78, 5) is 13.5. The number of nitrogens with one attached hydrogen (secondary N) is 2. The first-order chi connectivity index (χ1) is 8.59. The van der Waals surface area contributed by atoms with Crippen LogP contribution < -0.4 is 16.0 Å². The molecule has 1 fully saturated rings. The number of nitrogen functional groups attached to an aromatic ring is 1. The molecule has 0 saturated heterocycles. The Hall–Kier alpha value is -2.04. The Bertz CT molecular complexity index is 468. The predicted octanol–water partition coefficient (Wildman–Crippen LogP) is 1.67. The Morgan fingerprint density at radius 3 is 2.67 bits per heavy atom. The highest BCUT2D eigenvalue weighted by Gasteiger charge is 2.22. The number of benzene rings is 1. The van der Waals surface area contributed by atoms with Crippen LogP contribution in [0.1, 0.15) is 24.8 Å². The predicted molar refractivity (Wildman–Crippen MR) is 72.0 cm³/mol. The number of nitrogens with zero attached hydrogens (tertiary/aromatic N) is 1. The number of rotatable bonds is 3. The Balaban J connectivity index is 2.14. The van der Waals surface area contributed by atoms with Crippen molar-refractivity contribution in [2.24, 2.45) is 5.73 Å². The maximum Gasteiger partial charge on any atom is 0.321 e. The molecule has 5 heteroatoms. The molecule has 2 amide bonds. The van der Waals surface area contributed by atoms with Crippen molar-refractivity contribution in [3.63, 3.8) is 0 Å². The zero-order valence-corrected chi connectivity index (χ0v) is 10.4. The van der Waals surface area contributed by atoms with Crippen LogP contribution in [0.25, 0.3) is 0 Å². The van der Waals surface area contributed by atoms with Crippen molar-refractivity contribution >= 4 is 17.6 Å². The molecule has 96 valence electrons. The topological polar surface area (TPSA) is 82.2 Å². The van der Waals surface area contributed by atoms with Gasteiger partial charge in [0.2, 0.25) is 0 Å². The van der Waals surface area contributed by atoms with E-state index in [2.05, 4.69) is 5.32 Å². The van der Waals surface area contributed by atoms with Crippen LogP contribution in [0.4, 0.5) is 10.5 Å². The average molecular weight is 246 g/mol. The van der Waals surface area contributed by atoms with Crippen LogP contribution in [-0.4, -0.2) is 25.0 Å². The van der Waals surface area contributed by atoms with Gasteiger partial charge in [-0.1, -0.05) is 12.1 Å². The van der Waals surface area contributed by atoms with E-state index in [1.54, 1.807) is 25.2 Å². The minimum atomic E-state index is -0.145. The normalized spacial score (nSPS) is 14.7. The Kier molecular flexibility index (Phi) is 3.50. The average Bonchev–Trinajstić information content (AvgIpc) is 2.32. The number of nitrogens with two attached hydrogens (primary N) is 1. The molecule has 0 atom stereocenters. The van der Waals surface area contributed by atoms with Crippen molar-refractivity contribution in [3.05, 3.63) is 29.8 Å². The van der Waals surface area contributed by atoms with E-state index < -0.39 is 0 Å². The van der Waals surface area contributed by atoms with Crippen molar-refractivity contribution in [2.75, 3.05) is 11.9 Å². The number of anilines is 1. The summed E-state index contributed by atoms with van der Waals surface area (Å²) in [6.45, 7) is 0. The molecule has 1 aliphatic rings. The molecule has 0 aromatic heterocycles. The molecule has 0 radical (unpaired) electrons. The maximum atomic E-state index is 12.0. The van der Waals surface area contributed by atoms with Gasteiger partial charge >= 0.3 is 6.03 Å². The minimum absolute atomic E-state index is 0.0334. The molecule has 0 aliphatic heterocycles. The van der Waals surface area contributed by atoms with Crippen molar-refractivity contribution in [1.82, 2.24) is 5.32 Å². The smallest absolute Gasteiger partial charge is 0.321 e. The lowest BCUT2D eigenvalue weighted by Gasteiger charge is -2.29. The van der Waals surface area contributed by atoms with Gasteiger partial charge in [-0.25, -0.2) is 4.79 Å². The first-order valence-corrected chi connectivity index (χ1v) is 6.07. The molecular weight excluding hydrogens is 228 g/mol. The van der Waals surface area contributed by atoms with E-state index in [1.807, 2.05) is 6.07 Å². The maximum absolute atomic E-state index is 12.0. The summed E-state index contributed by atoms with van der Waals surface area (Å²) < 4.78 is 0. The second-order valence-electron chi connectivity index (χ2n) is 4.57. The molecule has 1 aliphatic carbocycles. The van der Waals surface area contributed by atoms with E-state index in [1.165, 1.54) is 11.3 Å². The lowest BCUT2D eigenvalue weighted by atomic mass is 9.93. The summed E-state index contributed by atoms with van der Waals surface area (Å²) in [6, 6.07) is 7.31. The molecule has 4 N–H and O–H groups in total. The van der Waals surface area contributed by atoms with E-state index >= 15 is 0 Å². The molecule has 0 unspecified atom stereocenters. The molecule has 0 heterocycles. The summed E-state index contributed by atoms with van der Waals surface area (Å²) in [7, 11) is 1.69. The van der Waals surface area contributed by atoms with Gasteiger partial charge in [0.25, 0.3) is 0 Å². The molecule has 0 bridgehead atoms. The van der Waals surface area contributed by atoms with Gasteiger partial charge in [0.05, 0.1) is 5.69 Å². The summed E-state index contributed by atoms with van der Waals surface area (Å²) in [5.74, 6) is -0.0334. The van der Waals surface area contributed by atoms with Crippen molar-refractivity contribution in [1.29, 1.82) is 5.41 Å². The SMILES string of the molecule is CN(C(=O)NC1CCC1)c1ccccc1C(=N)N. The van der Waals surface area contributed by atoms with E-state index in [4.69, 9.17) is 11.1 Å². The third-order valence-corrected chi connectivity index (χ3v) is 3.29. The van der Waals surface area contributed by atoms with Gasteiger partial charge in [-0.2, -0.15) is 0 Å². The number of amides is 2. The molecular formula is C13H18N4O. The third-order valence-electron chi connectivity index (χ3n) is 3.29. The summed E-state index contributed by atoms with van der Waals surface area (Å²) in [6.07, 6.45) is 3.28. The van der Waals surface area contributed by atoms with Gasteiger partial charge in [0.1, 0.15) is 5.84 Å². The first kappa shape index (κ1) is 12.4. The van der Waals surface area contributed by atoms with Gasteiger partial charge in [0.15, 0.2) is 0 Å². The van der Waals surface area contributed by atoms with Gasteiger partial charge in [-0.05, 0) is 31.4 Å². The summed E-state index contributed by atoms with van der Waals surface area (Å²) in [5, 5.41) is 10.5. The van der Waals surface area contributed by atoms with Crippen molar-refractivity contribution in [3.8, 4) is 0 Å². The zero-order valence-electron chi connectivity index (χ0n) is 10.4. The molecule has 1 saturated carbocycles. The monoisotopic (exact) mass is 246 g/mol. The second kappa shape index (κ2) is 5.08. The number of carbonyl (C=O) groups is 1. The molecule has 1 aromatic carbocycles. The van der Waals surface area contributed by atoms with Crippen LogP contribution in [0.5, 0.6) is 0 Å². The van der Waals surface area contributed by atoms with Crippen molar-refractivity contribution < 1.29 is 4.79 Å². The fraction of sp³-hybridized carbons (Fsp3) is 0.385. The Labute approximate surface area is 106 Å². The quantitative estimate of drug-likeness (QED) is 0.560. The molecule has 1 aromatic rings. The van der Waals surface area contributed by atoms with Gasteiger partial charge in [0, 0.05) is 18.7 Å². The standard InChI is InChI=1S/C13H18N4O/c1-17(13(18)16-9-5-4-6-9)11-8-3-2-7-10(11)12(14)15/h2-3,7-9H,4-6H2,1H3,(H3,14,15)(H,16,18). The highest BCUT2D eigenvalue weighted by atomic mass is 16.2. The molecule has 2 rings (SSSR count). The second-order valence-corrected chi connectivity index (χ2v) is 4.57. The van der Waals surface area contributed by atoms with Gasteiger partial charge < -0.3 is 11.1 Å². The van der Waals surface area contributed by atoms with Crippen LogP contribution in [0, 0.1) is 5.41 Å². The Morgan fingerprint density at radius 1 is 1.44 bits per heavy atom. The Morgan fingerprint density at radius 2 is 2.11 bits per heavy atom. The zero-order chi connectivity index (χ0) is 13.1. The first-order valence-electron chi connectivity index (χ1n) is 6.07. The van der Waals surface area contributed by atoms with Crippen LogP contribution >= 0.6 is 0 Å². The highest BCUT2D eigenvalue weighted by Crippen LogP contribution is 2.21. The van der Waals surface area contributed by atoms with Crippen LogP contribution in [0.15, 0.2) is 24.3 Å². The minimum Gasteiger partial charge on any atom is -0.384 e. The largest absolute Gasteiger partial charge is 0.384 e. The number of urea groups is 1. The van der Waals surface area contributed by atoms with Crippen molar-refractivity contribution in [2.45, 2.75) is 25.3 Å². The number of para-hydroxylation sites is 1. The lowest BCUT2D eigenvalue weighted by molar-refractivity contribution is 0.235. The number of carbonyl (C=O) groups excluding carboxylic acids is 1. The van der Waals surface area contributed by atoms with E-state index in [-0.39, 0.29) is 11.9 Å².